The summed E-state index contributed by atoms with van der Waals surface area (Å²) in [5.74, 6) is 0.122. The quantitative estimate of drug-likeness (QED) is 0.307. The van der Waals surface area contributed by atoms with Crippen molar-refractivity contribution in [2.45, 2.75) is 18.4 Å². The monoisotopic (exact) mass is 586 g/mol. The number of furan rings is 1. The fraction of sp³-hybridized carbons (Fsp3) is 0.154. The first kappa shape index (κ1) is 26.4. The Morgan fingerprint density at radius 2 is 1.73 bits per heavy atom. The highest BCUT2D eigenvalue weighted by Gasteiger charge is 2.38. The molecule has 1 aliphatic rings. The third-order valence-electron chi connectivity index (χ3n) is 5.65. The molecule has 9 nitrogen and oxygen atoms in total. The maximum absolute atomic E-state index is 13.4. The number of halogens is 1. The maximum Gasteiger partial charge on any atom is 0.340 e. The molecule has 0 fully saturated rings. The van der Waals surface area contributed by atoms with Gasteiger partial charge < -0.3 is 13.9 Å². The molecule has 1 N–H and O–H groups in total. The van der Waals surface area contributed by atoms with E-state index in [9.17, 15) is 18.0 Å². The van der Waals surface area contributed by atoms with E-state index in [4.69, 9.17) is 13.9 Å². The first-order valence-electron chi connectivity index (χ1n) is 11.0. The lowest BCUT2D eigenvalue weighted by Crippen LogP contribution is -2.24. The first-order chi connectivity index (χ1) is 17.6. The molecule has 0 saturated heterocycles. The highest BCUT2D eigenvalue weighted by molar-refractivity contribution is 9.10. The Kier molecular flexibility index (Phi) is 7.67. The average Bonchev–Trinajstić information content (AvgIpc) is 3.44. The smallest absolute Gasteiger partial charge is 0.340 e. The van der Waals surface area contributed by atoms with E-state index in [1.807, 2.05) is 0 Å². The van der Waals surface area contributed by atoms with E-state index in [0.717, 1.165) is 4.47 Å². The number of nitrogens with one attached hydrogen (secondary N) is 1. The third kappa shape index (κ3) is 5.53. The Labute approximate surface area is 222 Å². The number of allylic oxidation sites excluding steroid dienone is 1. The zero-order valence-corrected chi connectivity index (χ0v) is 22.6. The van der Waals surface area contributed by atoms with E-state index in [2.05, 4.69) is 20.7 Å². The summed E-state index contributed by atoms with van der Waals surface area (Å²) in [6, 6.07) is 16.2. The van der Waals surface area contributed by atoms with E-state index < -0.39 is 21.9 Å². The number of hydrogen-bond donors (Lipinski definition) is 1. The first-order valence-corrected chi connectivity index (χ1v) is 13.3. The fourth-order valence-corrected chi connectivity index (χ4v) is 5.05. The van der Waals surface area contributed by atoms with Gasteiger partial charge in [0.1, 0.15) is 17.3 Å². The zero-order chi connectivity index (χ0) is 26.7. The van der Waals surface area contributed by atoms with Crippen molar-refractivity contribution >= 4 is 49.6 Å². The number of methoxy groups -OCH3 is 2. The topological polar surface area (TPSA) is 115 Å². The molecule has 0 bridgehead atoms. The highest BCUT2D eigenvalue weighted by atomic mass is 79.9. The molecule has 2 aromatic carbocycles. The average molecular weight is 587 g/mol. The van der Waals surface area contributed by atoms with Crippen molar-refractivity contribution in [3.8, 4) is 5.75 Å². The van der Waals surface area contributed by atoms with E-state index in [1.54, 1.807) is 62.6 Å². The second kappa shape index (κ2) is 10.8. The standard InChI is InChI=1S/C26H23BrN2O7S/c1-16-24(26(31)35-3)23(25(30)29(16)18-6-8-19(34-2)9-7-18)14-20-10-11-21(36-20)15-28-37(32,33)22-12-4-17(27)5-13-22/h4-14,28H,15H2,1-3H3. The molecule has 3 aromatic rings. The molecule has 1 aliphatic heterocycles. The molecule has 1 amide bonds. The molecule has 0 atom stereocenters. The van der Waals surface area contributed by atoms with Gasteiger partial charge in [0.2, 0.25) is 10.0 Å². The molecule has 0 spiro atoms. The van der Waals surface area contributed by atoms with Crippen LogP contribution in [0, 0.1) is 0 Å². The summed E-state index contributed by atoms with van der Waals surface area (Å²) in [4.78, 5) is 27.5. The molecular formula is C26H23BrN2O7S. The van der Waals surface area contributed by atoms with Gasteiger partial charge in [-0.2, -0.15) is 0 Å². The molecule has 0 aliphatic carbocycles. The van der Waals surface area contributed by atoms with Gasteiger partial charge in [-0.1, -0.05) is 15.9 Å². The number of nitrogens with zero attached hydrogens (tertiary/aromatic N) is 1. The van der Waals surface area contributed by atoms with Gasteiger partial charge in [0.15, 0.2) is 0 Å². The lowest BCUT2D eigenvalue weighted by molar-refractivity contribution is -0.136. The Balaban J connectivity index is 1.59. The van der Waals surface area contributed by atoms with Crippen LogP contribution in [0.15, 0.2) is 91.3 Å². The molecule has 1 aromatic heterocycles. The molecule has 0 radical (unpaired) electrons. The van der Waals surface area contributed by atoms with Gasteiger partial charge >= 0.3 is 5.97 Å². The molecule has 0 unspecified atom stereocenters. The van der Waals surface area contributed by atoms with E-state index in [-0.39, 0.29) is 28.3 Å². The lowest BCUT2D eigenvalue weighted by Gasteiger charge is -2.18. The second-order valence-corrected chi connectivity index (χ2v) is 10.6. The van der Waals surface area contributed by atoms with Crippen molar-refractivity contribution in [2.75, 3.05) is 19.1 Å². The van der Waals surface area contributed by atoms with Gasteiger partial charge in [-0.25, -0.2) is 17.9 Å². The van der Waals surface area contributed by atoms with Crippen LogP contribution in [-0.4, -0.2) is 34.5 Å². The minimum absolute atomic E-state index is 0.0940. The summed E-state index contributed by atoms with van der Waals surface area (Å²) in [5, 5.41) is 0. The molecule has 37 heavy (non-hydrogen) atoms. The number of rotatable bonds is 8. The van der Waals surface area contributed by atoms with Crippen LogP contribution in [0.1, 0.15) is 18.4 Å². The van der Waals surface area contributed by atoms with Crippen molar-refractivity contribution in [2.24, 2.45) is 0 Å². The van der Waals surface area contributed by atoms with E-state index in [1.165, 1.54) is 30.2 Å². The summed E-state index contributed by atoms with van der Waals surface area (Å²) >= 11 is 3.27. The summed E-state index contributed by atoms with van der Waals surface area (Å²) in [7, 11) is -0.974. The van der Waals surface area contributed by atoms with Crippen LogP contribution in [0.3, 0.4) is 0 Å². The number of amides is 1. The summed E-state index contributed by atoms with van der Waals surface area (Å²) in [5.41, 5.74) is 1.16. The number of esters is 1. The van der Waals surface area contributed by atoms with Gasteiger partial charge in [0.25, 0.3) is 5.91 Å². The Bertz CT molecular complexity index is 1500. The molecular weight excluding hydrogens is 564 g/mol. The second-order valence-electron chi connectivity index (χ2n) is 7.93. The van der Waals surface area contributed by atoms with Crippen molar-refractivity contribution < 1.29 is 31.9 Å². The number of sulfonamides is 1. The van der Waals surface area contributed by atoms with Crippen molar-refractivity contribution in [1.82, 2.24) is 4.72 Å². The van der Waals surface area contributed by atoms with Crippen molar-refractivity contribution in [1.29, 1.82) is 0 Å². The number of carbonyl (C=O) groups is 2. The lowest BCUT2D eigenvalue weighted by atomic mass is 10.1. The minimum atomic E-state index is -3.76. The number of benzene rings is 2. The van der Waals surface area contributed by atoms with Gasteiger partial charge in [-0.15, -0.1) is 0 Å². The van der Waals surface area contributed by atoms with Crippen LogP contribution in [0.2, 0.25) is 0 Å². The summed E-state index contributed by atoms with van der Waals surface area (Å²) in [6.07, 6.45) is 1.44. The fourth-order valence-electron chi connectivity index (χ4n) is 3.79. The number of carbonyl (C=O) groups excluding carboxylic acids is 2. The van der Waals surface area contributed by atoms with Gasteiger partial charge in [0.05, 0.1) is 36.8 Å². The molecule has 192 valence electrons. The highest BCUT2D eigenvalue weighted by Crippen LogP contribution is 2.36. The van der Waals surface area contributed by atoms with Crippen molar-refractivity contribution in [3.05, 3.63) is 93.5 Å². The summed E-state index contributed by atoms with van der Waals surface area (Å²) in [6.45, 7) is 1.55. The third-order valence-corrected chi connectivity index (χ3v) is 7.60. The van der Waals surface area contributed by atoms with Crippen molar-refractivity contribution in [3.63, 3.8) is 0 Å². The maximum atomic E-state index is 13.4. The molecule has 0 saturated carbocycles. The van der Waals surface area contributed by atoms with Gasteiger partial charge in [0, 0.05) is 15.9 Å². The Morgan fingerprint density at radius 1 is 1.05 bits per heavy atom. The van der Waals surface area contributed by atoms with Crippen LogP contribution in [0.5, 0.6) is 5.75 Å². The van der Waals surface area contributed by atoms with Crippen LogP contribution in [0.25, 0.3) is 6.08 Å². The molecule has 2 heterocycles. The number of hydrogen-bond acceptors (Lipinski definition) is 7. The SMILES string of the molecule is COC(=O)C1=C(C)N(c2ccc(OC)cc2)C(=O)C1=Cc1ccc(CNS(=O)(=O)c2ccc(Br)cc2)o1. The number of anilines is 1. The molecule has 11 heteroatoms. The van der Waals surface area contributed by atoms with Crippen LogP contribution >= 0.6 is 15.9 Å². The van der Waals surface area contributed by atoms with E-state index >= 15 is 0 Å². The zero-order valence-electron chi connectivity index (χ0n) is 20.1. The largest absolute Gasteiger partial charge is 0.497 e. The Morgan fingerprint density at radius 3 is 2.35 bits per heavy atom. The number of ether oxygens (including phenoxy) is 2. The minimum Gasteiger partial charge on any atom is -0.497 e. The normalized spacial score (nSPS) is 15.0. The predicted molar refractivity (Wildman–Crippen MR) is 140 cm³/mol. The Hall–Kier alpha value is -3.67. The van der Waals surface area contributed by atoms with Gasteiger partial charge in [-0.3, -0.25) is 9.69 Å². The van der Waals surface area contributed by atoms with Crippen LogP contribution in [0.4, 0.5) is 5.69 Å². The predicted octanol–water partition coefficient (Wildman–Crippen LogP) is 4.41. The van der Waals surface area contributed by atoms with Crippen LogP contribution in [-0.2, 0) is 30.9 Å². The van der Waals surface area contributed by atoms with Crippen LogP contribution < -0.4 is 14.4 Å². The van der Waals surface area contributed by atoms with E-state index in [0.29, 0.717) is 22.9 Å². The summed E-state index contributed by atoms with van der Waals surface area (Å²) < 4.78 is 44.2. The molecule has 4 rings (SSSR count). The van der Waals surface area contributed by atoms with Gasteiger partial charge in [-0.05, 0) is 73.7 Å².